The van der Waals surface area contributed by atoms with Crippen molar-refractivity contribution < 1.29 is 9.59 Å². The Morgan fingerprint density at radius 2 is 1.68 bits per heavy atom. The van der Waals surface area contributed by atoms with Gasteiger partial charge in [0.25, 0.3) is 5.91 Å². The number of hydrogen-bond acceptors (Lipinski definition) is 3. The largest absolute Gasteiger partial charge is 0.355 e. The number of carbonyl (C=O) groups excluding carboxylic acids is 2. The minimum atomic E-state index is -0.216. The molecule has 0 aromatic heterocycles. The molecule has 0 atom stereocenters. The Bertz CT molecular complexity index is 705. The molecule has 2 aromatic carbocycles. The average molecular weight is 378 g/mol. The lowest BCUT2D eigenvalue weighted by atomic mass is 10.1. The van der Waals surface area contributed by atoms with Gasteiger partial charge in [0.2, 0.25) is 0 Å². The highest BCUT2D eigenvalue weighted by atomic mass is 35.5. The lowest BCUT2D eigenvalue weighted by molar-refractivity contribution is 0.0963. The van der Waals surface area contributed by atoms with Gasteiger partial charge in [0.05, 0.1) is 0 Å². The van der Waals surface area contributed by atoms with Crippen molar-refractivity contribution in [3.63, 3.8) is 0 Å². The van der Waals surface area contributed by atoms with E-state index in [0.29, 0.717) is 23.7 Å². The van der Waals surface area contributed by atoms with Crippen molar-refractivity contribution in [3.05, 3.63) is 64.7 Å². The van der Waals surface area contributed by atoms with Crippen LogP contribution >= 0.6 is 23.4 Å². The number of benzene rings is 2. The predicted octanol–water partition coefficient (Wildman–Crippen LogP) is 3.29. The molecule has 0 aliphatic rings. The summed E-state index contributed by atoms with van der Waals surface area (Å²) in [5, 5.41) is 8.88. The highest BCUT2D eigenvalue weighted by Crippen LogP contribution is 2.19. The zero-order valence-corrected chi connectivity index (χ0v) is 15.4. The molecule has 0 heterocycles. The Hall–Kier alpha value is -2.18. The number of halogens is 1. The number of urea groups is 1. The normalized spacial score (nSPS) is 10.2. The molecule has 0 aliphatic heterocycles. The van der Waals surface area contributed by atoms with Crippen molar-refractivity contribution >= 4 is 35.3 Å². The number of amides is 3. The molecule has 0 fully saturated rings. The van der Waals surface area contributed by atoms with Crippen molar-refractivity contribution in [1.82, 2.24) is 16.0 Å². The molecule has 0 radical (unpaired) electrons. The van der Waals surface area contributed by atoms with Gasteiger partial charge in [-0.3, -0.25) is 4.79 Å². The second kappa shape index (κ2) is 9.96. The van der Waals surface area contributed by atoms with E-state index in [9.17, 15) is 9.59 Å². The van der Waals surface area contributed by atoms with E-state index in [2.05, 4.69) is 16.0 Å². The first-order valence-corrected chi connectivity index (χ1v) is 9.16. The summed E-state index contributed by atoms with van der Waals surface area (Å²) in [4.78, 5) is 24.4. The van der Waals surface area contributed by atoms with Crippen LogP contribution in [-0.4, -0.2) is 31.3 Å². The van der Waals surface area contributed by atoms with Crippen molar-refractivity contribution in [2.45, 2.75) is 11.4 Å². The fourth-order valence-corrected chi connectivity index (χ4v) is 2.92. The van der Waals surface area contributed by atoms with E-state index in [-0.39, 0.29) is 11.9 Å². The van der Waals surface area contributed by atoms with Crippen LogP contribution in [0, 0.1) is 0 Å². The lowest BCUT2D eigenvalue weighted by Crippen LogP contribution is -2.36. The number of thioether (sulfide) groups is 1. The van der Waals surface area contributed by atoms with Gasteiger partial charge in [0.1, 0.15) is 0 Å². The topological polar surface area (TPSA) is 70.2 Å². The zero-order valence-electron chi connectivity index (χ0n) is 13.8. The quantitative estimate of drug-likeness (QED) is 0.512. The molecule has 132 valence electrons. The Morgan fingerprint density at radius 3 is 2.32 bits per heavy atom. The van der Waals surface area contributed by atoms with Crippen molar-refractivity contribution in [2.75, 3.05) is 19.3 Å². The van der Waals surface area contributed by atoms with Crippen molar-refractivity contribution in [1.29, 1.82) is 0 Å². The van der Waals surface area contributed by atoms with Gasteiger partial charge >= 0.3 is 6.03 Å². The van der Waals surface area contributed by atoms with Gasteiger partial charge in [-0.2, -0.15) is 0 Å². The number of nitrogens with one attached hydrogen (secondary N) is 3. The van der Waals surface area contributed by atoms with E-state index < -0.39 is 0 Å². The van der Waals surface area contributed by atoms with E-state index in [1.54, 1.807) is 30.9 Å². The Morgan fingerprint density at radius 1 is 1.00 bits per heavy atom. The lowest BCUT2D eigenvalue weighted by Gasteiger charge is -2.08. The summed E-state index contributed by atoms with van der Waals surface area (Å²) in [5.74, 6) is 0.644. The molecular weight excluding hydrogens is 358 g/mol. The molecule has 0 spiro atoms. The third-order valence-corrected chi connectivity index (χ3v) is 4.63. The van der Waals surface area contributed by atoms with Gasteiger partial charge < -0.3 is 16.0 Å². The minimum Gasteiger partial charge on any atom is -0.355 e. The van der Waals surface area contributed by atoms with Crippen LogP contribution < -0.4 is 16.0 Å². The molecule has 0 aliphatic carbocycles. The maximum Gasteiger partial charge on any atom is 0.315 e. The maximum absolute atomic E-state index is 11.8. The number of hydrogen-bond donors (Lipinski definition) is 3. The number of rotatable bonds is 7. The molecule has 5 nitrogen and oxygen atoms in total. The summed E-state index contributed by atoms with van der Waals surface area (Å²) in [6.07, 6.45) is 0. The SMILES string of the molecule is CNC(=O)c1ccc(CNC(=O)NCCSc2ccc(Cl)cc2)cc1. The maximum atomic E-state index is 11.8. The molecule has 2 aromatic rings. The van der Waals surface area contributed by atoms with Crippen LogP contribution in [0.4, 0.5) is 4.79 Å². The van der Waals surface area contributed by atoms with Crippen LogP contribution in [0.2, 0.25) is 5.02 Å². The molecule has 0 unspecified atom stereocenters. The Labute approximate surface area is 156 Å². The van der Waals surface area contributed by atoms with E-state index in [1.807, 2.05) is 36.4 Å². The van der Waals surface area contributed by atoms with Gasteiger partial charge in [-0.1, -0.05) is 23.7 Å². The van der Waals surface area contributed by atoms with Crippen LogP contribution in [0.3, 0.4) is 0 Å². The first-order chi connectivity index (χ1) is 12.1. The molecule has 3 amide bonds. The van der Waals surface area contributed by atoms with Crippen LogP contribution in [0.5, 0.6) is 0 Å². The summed E-state index contributed by atoms with van der Waals surface area (Å²) in [6, 6.07) is 14.5. The second-order valence-electron chi connectivity index (χ2n) is 5.19. The van der Waals surface area contributed by atoms with Gasteiger partial charge in [-0.05, 0) is 42.0 Å². The third kappa shape index (κ3) is 6.68. The fourth-order valence-electron chi connectivity index (χ4n) is 2.03. The van der Waals surface area contributed by atoms with Crippen LogP contribution in [0.25, 0.3) is 0 Å². The van der Waals surface area contributed by atoms with Gasteiger partial charge in [0, 0.05) is 41.4 Å². The van der Waals surface area contributed by atoms with Crippen LogP contribution in [0.15, 0.2) is 53.4 Å². The first kappa shape index (κ1) is 19.1. The summed E-state index contributed by atoms with van der Waals surface area (Å²) in [5.41, 5.74) is 1.52. The molecule has 2 rings (SSSR count). The molecule has 0 saturated heterocycles. The fraction of sp³-hybridized carbons (Fsp3) is 0.222. The van der Waals surface area contributed by atoms with Crippen LogP contribution in [-0.2, 0) is 6.54 Å². The first-order valence-electron chi connectivity index (χ1n) is 7.79. The summed E-state index contributed by atoms with van der Waals surface area (Å²) >= 11 is 7.49. The number of carbonyl (C=O) groups is 2. The minimum absolute atomic E-state index is 0.129. The zero-order chi connectivity index (χ0) is 18.1. The van der Waals surface area contributed by atoms with Crippen molar-refractivity contribution in [3.8, 4) is 0 Å². The summed E-state index contributed by atoms with van der Waals surface area (Å²) in [7, 11) is 1.59. The Balaban J connectivity index is 1.65. The molecular formula is C18H20ClN3O2S. The third-order valence-electron chi connectivity index (χ3n) is 3.37. The van der Waals surface area contributed by atoms with E-state index >= 15 is 0 Å². The average Bonchev–Trinajstić information content (AvgIpc) is 2.64. The van der Waals surface area contributed by atoms with Crippen molar-refractivity contribution in [2.24, 2.45) is 0 Å². The Kier molecular flexibility index (Phi) is 7.63. The van der Waals surface area contributed by atoms with Gasteiger partial charge in [0.15, 0.2) is 0 Å². The molecule has 7 heteroatoms. The predicted molar refractivity (Wildman–Crippen MR) is 102 cm³/mol. The summed E-state index contributed by atoms with van der Waals surface area (Å²) in [6.45, 7) is 0.971. The highest BCUT2D eigenvalue weighted by Gasteiger charge is 2.04. The molecule has 25 heavy (non-hydrogen) atoms. The highest BCUT2D eigenvalue weighted by molar-refractivity contribution is 7.99. The monoisotopic (exact) mass is 377 g/mol. The molecule has 0 bridgehead atoms. The standard InChI is InChI=1S/C18H20ClN3O2S/c1-20-17(23)14-4-2-13(3-5-14)12-22-18(24)21-10-11-25-16-8-6-15(19)7-9-16/h2-9H,10-12H2,1H3,(H,20,23)(H2,21,22,24). The summed E-state index contributed by atoms with van der Waals surface area (Å²) < 4.78 is 0. The van der Waals surface area contributed by atoms with E-state index in [0.717, 1.165) is 16.2 Å². The van der Waals surface area contributed by atoms with Gasteiger partial charge in [-0.25, -0.2) is 4.79 Å². The van der Waals surface area contributed by atoms with Crippen LogP contribution in [0.1, 0.15) is 15.9 Å². The van der Waals surface area contributed by atoms with Gasteiger partial charge in [-0.15, -0.1) is 11.8 Å². The molecule has 3 N–H and O–H groups in total. The van der Waals surface area contributed by atoms with E-state index in [1.165, 1.54) is 0 Å². The smallest absolute Gasteiger partial charge is 0.315 e. The van der Waals surface area contributed by atoms with E-state index in [4.69, 9.17) is 11.6 Å². The molecule has 0 saturated carbocycles. The second-order valence-corrected chi connectivity index (χ2v) is 6.79.